The van der Waals surface area contributed by atoms with Crippen LogP contribution < -0.4 is 0 Å². The quantitative estimate of drug-likeness (QED) is 0.137. The fourth-order valence-corrected chi connectivity index (χ4v) is 2.43. The molecule has 0 aromatic heterocycles. The number of rotatable bonds is 15. The molecule has 5 atom stereocenters. The number of nitriles is 2. The Kier molecular flexibility index (Phi) is 11.9. The minimum atomic E-state index is -7.36. The van der Waals surface area contributed by atoms with Gasteiger partial charge < -0.3 is 9.47 Å². The molecule has 246 valence electrons. The monoisotopic (exact) mass is 664 g/mol. The van der Waals surface area contributed by atoms with Crippen molar-refractivity contribution >= 4 is 0 Å². The van der Waals surface area contributed by atoms with Crippen molar-refractivity contribution in [3.63, 3.8) is 0 Å². The van der Waals surface area contributed by atoms with E-state index in [1.165, 1.54) is 0 Å². The summed E-state index contributed by atoms with van der Waals surface area (Å²) in [4.78, 5) is 0. The van der Waals surface area contributed by atoms with Crippen LogP contribution in [0.25, 0.3) is 0 Å². The second kappa shape index (κ2) is 12.7. The maximum absolute atomic E-state index is 14.3. The molecule has 24 heteroatoms. The number of ether oxygens (including phenoxy) is 4. The highest BCUT2D eigenvalue weighted by atomic mass is 19.4. The summed E-state index contributed by atoms with van der Waals surface area (Å²) in [5, 5.41) is 16.2. The lowest BCUT2D eigenvalue weighted by Gasteiger charge is -2.38. The molecule has 0 aliphatic carbocycles. The molecule has 0 bridgehead atoms. The van der Waals surface area contributed by atoms with E-state index in [2.05, 4.69) is 14.2 Å². The van der Waals surface area contributed by atoms with Gasteiger partial charge in [0, 0.05) is 0 Å². The molecular weight excluding hydrogens is 650 g/mol. The minimum Gasteiger partial charge on any atom is -0.344 e. The van der Waals surface area contributed by atoms with Gasteiger partial charge in [0.1, 0.15) is 12.1 Å². The standard InChI is InChI=1S/C18H14F18N2O4/c1-3-8(39-10(13(24,25)9(19)20)41-12(23,6-38)15(27,28)29)4-7(2)40-18(35,36)14(26,16(30,31)32)42-17(33,34)11(21,22)5-37/h7-10H,3-4H2,1-2H3. The molecule has 0 aliphatic heterocycles. The van der Waals surface area contributed by atoms with Gasteiger partial charge in [-0.25, -0.2) is 8.78 Å². The van der Waals surface area contributed by atoms with Crippen LogP contribution in [0, 0.1) is 22.7 Å². The van der Waals surface area contributed by atoms with Crippen molar-refractivity contribution in [1.29, 1.82) is 10.5 Å². The Labute approximate surface area is 221 Å². The van der Waals surface area contributed by atoms with Gasteiger partial charge in [0.05, 0.1) is 12.2 Å². The van der Waals surface area contributed by atoms with Gasteiger partial charge in [-0.1, -0.05) is 6.92 Å². The van der Waals surface area contributed by atoms with Gasteiger partial charge in [-0.2, -0.15) is 80.8 Å². The Hall–Kier alpha value is -2.44. The Morgan fingerprint density at radius 1 is 0.690 bits per heavy atom. The van der Waals surface area contributed by atoms with Gasteiger partial charge >= 0.3 is 54.5 Å². The largest absolute Gasteiger partial charge is 0.463 e. The number of hydrogen-bond acceptors (Lipinski definition) is 6. The zero-order chi connectivity index (χ0) is 34.0. The number of halogens is 18. The number of alkyl halides is 18. The predicted molar refractivity (Wildman–Crippen MR) is 93.1 cm³/mol. The third kappa shape index (κ3) is 8.35. The van der Waals surface area contributed by atoms with Crippen LogP contribution in [-0.2, 0) is 18.9 Å². The molecular formula is C18H14F18N2O4. The molecule has 0 heterocycles. The lowest BCUT2D eigenvalue weighted by molar-refractivity contribution is -0.518. The highest BCUT2D eigenvalue weighted by Gasteiger charge is 2.80. The molecule has 0 rings (SSSR count). The molecule has 0 fully saturated rings. The summed E-state index contributed by atoms with van der Waals surface area (Å²) in [5.41, 5.74) is 0. The maximum Gasteiger partial charge on any atom is 0.463 e. The smallest absolute Gasteiger partial charge is 0.344 e. The van der Waals surface area contributed by atoms with E-state index in [4.69, 9.17) is 10.5 Å². The molecule has 6 nitrogen and oxygen atoms in total. The maximum atomic E-state index is 14.3. The number of nitrogens with zero attached hydrogens (tertiary/aromatic N) is 2. The summed E-state index contributed by atoms with van der Waals surface area (Å²) in [6, 6.07) is -0.945. The summed E-state index contributed by atoms with van der Waals surface area (Å²) in [7, 11) is 0. The summed E-state index contributed by atoms with van der Waals surface area (Å²) in [6.45, 7) is 0.886. The van der Waals surface area contributed by atoms with Crippen molar-refractivity contribution in [1.82, 2.24) is 0 Å². The Morgan fingerprint density at radius 2 is 1.17 bits per heavy atom. The molecule has 0 amide bonds. The normalized spacial score (nSPS) is 19.3. The minimum absolute atomic E-state index is 0.143. The van der Waals surface area contributed by atoms with Gasteiger partial charge in [0.25, 0.3) is 0 Å². The summed E-state index contributed by atoms with van der Waals surface area (Å²) in [6.07, 6.45) is -45.0. The first-order valence-corrected chi connectivity index (χ1v) is 10.3. The fraction of sp³-hybridized carbons (Fsp3) is 0.889. The zero-order valence-corrected chi connectivity index (χ0v) is 20.1. The lowest BCUT2D eigenvalue weighted by atomic mass is 10.1. The first kappa shape index (κ1) is 39.6. The van der Waals surface area contributed by atoms with Crippen molar-refractivity contribution in [2.75, 3.05) is 0 Å². The molecule has 0 N–H and O–H groups in total. The van der Waals surface area contributed by atoms with Crippen molar-refractivity contribution in [2.45, 2.75) is 99.7 Å². The van der Waals surface area contributed by atoms with Crippen molar-refractivity contribution < 1.29 is 98.0 Å². The van der Waals surface area contributed by atoms with Crippen molar-refractivity contribution in [3.8, 4) is 12.1 Å². The fourth-order valence-electron chi connectivity index (χ4n) is 2.43. The summed E-state index contributed by atoms with van der Waals surface area (Å²) >= 11 is 0. The first-order chi connectivity index (χ1) is 18.4. The molecule has 0 aromatic rings. The second-order valence-electron chi connectivity index (χ2n) is 7.88. The third-order valence-corrected chi connectivity index (χ3v) is 4.61. The molecule has 5 unspecified atom stereocenters. The average molecular weight is 664 g/mol. The highest BCUT2D eigenvalue weighted by molar-refractivity contribution is 5.01. The van der Waals surface area contributed by atoms with E-state index in [-0.39, 0.29) is 13.0 Å². The van der Waals surface area contributed by atoms with Gasteiger partial charge in [-0.3, -0.25) is 9.47 Å². The van der Waals surface area contributed by atoms with Crippen LogP contribution in [-0.4, -0.2) is 73.0 Å². The van der Waals surface area contributed by atoms with E-state index >= 15 is 0 Å². The van der Waals surface area contributed by atoms with Crippen LogP contribution >= 0.6 is 0 Å². The molecule has 0 radical (unpaired) electrons. The zero-order valence-electron chi connectivity index (χ0n) is 20.1. The van der Waals surface area contributed by atoms with E-state index in [1.807, 2.05) is 4.74 Å². The van der Waals surface area contributed by atoms with E-state index < -0.39 is 92.0 Å². The van der Waals surface area contributed by atoms with Gasteiger partial charge in [0.15, 0.2) is 0 Å². The van der Waals surface area contributed by atoms with Crippen LogP contribution in [0.5, 0.6) is 0 Å². The molecule has 0 aromatic carbocycles. The van der Waals surface area contributed by atoms with Crippen LogP contribution in [0.3, 0.4) is 0 Å². The van der Waals surface area contributed by atoms with E-state index in [0.717, 1.165) is 6.92 Å². The highest BCUT2D eigenvalue weighted by Crippen LogP contribution is 2.52. The Bertz CT molecular complexity index is 991. The predicted octanol–water partition coefficient (Wildman–Crippen LogP) is 7.16. The van der Waals surface area contributed by atoms with Crippen LogP contribution in [0.4, 0.5) is 79.0 Å². The third-order valence-electron chi connectivity index (χ3n) is 4.61. The second-order valence-corrected chi connectivity index (χ2v) is 7.88. The Morgan fingerprint density at radius 3 is 1.50 bits per heavy atom. The van der Waals surface area contributed by atoms with E-state index in [9.17, 15) is 79.0 Å². The van der Waals surface area contributed by atoms with Crippen LogP contribution in [0.15, 0.2) is 0 Å². The topological polar surface area (TPSA) is 84.5 Å². The number of hydrogen-bond donors (Lipinski definition) is 0. The lowest BCUT2D eigenvalue weighted by Crippen LogP contribution is -2.63. The van der Waals surface area contributed by atoms with Crippen molar-refractivity contribution in [3.05, 3.63) is 0 Å². The van der Waals surface area contributed by atoms with E-state index in [0.29, 0.717) is 0 Å². The van der Waals surface area contributed by atoms with Gasteiger partial charge in [0.2, 0.25) is 6.29 Å². The van der Waals surface area contributed by atoms with E-state index in [1.54, 1.807) is 0 Å². The molecule has 42 heavy (non-hydrogen) atoms. The average Bonchev–Trinajstić information content (AvgIpc) is 2.80. The first-order valence-electron chi connectivity index (χ1n) is 10.3. The van der Waals surface area contributed by atoms with Crippen LogP contribution in [0.2, 0.25) is 0 Å². The summed E-state index contributed by atoms with van der Waals surface area (Å²) in [5.74, 6) is -25.2. The molecule has 0 aliphatic rings. The van der Waals surface area contributed by atoms with Gasteiger partial charge in [-0.15, -0.1) is 0 Å². The van der Waals surface area contributed by atoms with Crippen LogP contribution in [0.1, 0.15) is 26.7 Å². The SMILES string of the molecule is CCC(CC(C)OC(F)(F)C(F)(OC(F)(F)C(F)(F)C#N)C(F)(F)F)OC(OC(F)(C#N)C(F)(F)F)C(F)(F)C(F)F. The molecule has 0 saturated carbocycles. The Balaban J connectivity index is 6.28. The van der Waals surface area contributed by atoms with Crippen molar-refractivity contribution in [2.24, 2.45) is 0 Å². The summed E-state index contributed by atoms with van der Waals surface area (Å²) < 4.78 is 251. The van der Waals surface area contributed by atoms with Gasteiger partial charge in [-0.05, 0) is 19.8 Å². The molecule has 0 saturated heterocycles. The molecule has 0 spiro atoms.